The van der Waals surface area contributed by atoms with Crippen molar-refractivity contribution in [1.82, 2.24) is 14.5 Å². The Morgan fingerprint density at radius 1 is 1.09 bits per heavy atom. The van der Waals surface area contributed by atoms with Crippen LogP contribution in [0.25, 0.3) is 0 Å². The standard InChI is InChI=1S/C24H28ClN3O4/c1-27-11-10-26-23(27)15-31-21-6-2-19(3-7-21)14-28-12-13-30-17-24(29,16-28)18-32-22-8-4-20(25)5-9-22/h2-11,29H,12-18H2,1H3. The van der Waals surface area contributed by atoms with Crippen molar-refractivity contribution in [3.05, 3.63) is 77.3 Å². The minimum absolute atomic E-state index is 0.144. The van der Waals surface area contributed by atoms with Crippen molar-refractivity contribution in [3.8, 4) is 11.5 Å². The number of nitrogens with zero attached hydrogens (tertiary/aromatic N) is 3. The molecule has 0 aliphatic carbocycles. The van der Waals surface area contributed by atoms with Gasteiger partial charge in [-0.15, -0.1) is 0 Å². The molecule has 8 heteroatoms. The Morgan fingerprint density at radius 2 is 1.81 bits per heavy atom. The van der Waals surface area contributed by atoms with Crippen LogP contribution in [-0.2, 0) is 24.9 Å². The molecule has 0 spiro atoms. The molecule has 0 saturated carbocycles. The van der Waals surface area contributed by atoms with Crippen LogP contribution in [0.2, 0.25) is 5.02 Å². The Morgan fingerprint density at radius 3 is 2.53 bits per heavy atom. The number of aliphatic hydroxyl groups is 1. The summed E-state index contributed by atoms with van der Waals surface area (Å²) in [6.45, 7) is 3.26. The molecule has 4 rings (SSSR count). The first-order valence-corrected chi connectivity index (χ1v) is 11.0. The Kier molecular flexibility index (Phi) is 7.32. The first kappa shape index (κ1) is 22.6. The number of β-amino-alcohol motifs (C(OH)–C–C–N with tert-alkyl or cyclic N) is 1. The van der Waals surface area contributed by atoms with Crippen molar-refractivity contribution >= 4 is 11.6 Å². The van der Waals surface area contributed by atoms with Crippen LogP contribution in [0.3, 0.4) is 0 Å². The van der Waals surface area contributed by atoms with Gasteiger partial charge in [0.25, 0.3) is 0 Å². The van der Waals surface area contributed by atoms with Crippen LogP contribution in [0, 0.1) is 0 Å². The number of aryl methyl sites for hydroxylation is 1. The zero-order valence-electron chi connectivity index (χ0n) is 18.1. The molecule has 1 unspecified atom stereocenters. The topological polar surface area (TPSA) is 69.0 Å². The lowest BCUT2D eigenvalue weighted by Gasteiger charge is -2.30. The number of hydrogen-bond acceptors (Lipinski definition) is 6. The third kappa shape index (κ3) is 6.23. The van der Waals surface area contributed by atoms with E-state index in [4.69, 9.17) is 25.8 Å². The van der Waals surface area contributed by atoms with Crippen molar-refractivity contribution in [1.29, 1.82) is 0 Å². The van der Waals surface area contributed by atoms with Gasteiger partial charge in [0.1, 0.15) is 36.1 Å². The maximum Gasteiger partial charge on any atom is 0.146 e. The van der Waals surface area contributed by atoms with Crippen LogP contribution in [-0.4, -0.2) is 58.1 Å². The van der Waals surface area contributed by atoms with Gasteiger partial charge in [0.2, 0.25) is 0 Å². The molecule has 2 aromatic carbocycles. The average Bonchev–Trinajstić information content (AvgIpc) is 3.11. The van der Waals surface area contributed by atoms with Crippen molar-refractivity contribution in [3.63, 3.8) is 0 Å². The summed E-state index contributed by atoms with van der Waals surface area (Å²) in [5.41, 5.74) is 0.0403. The van der Waals surface area contributed by atoms with Crippen molar-refractivity contribution in [2.24, 2.45) is 7.05 Å². The summed E-state index contributed by atoms with van der Waals surface area (Å²) in [5.74, 6) is 2.34. The Balaban J connectivity index is 1.31. The van der Waals surface area contributed by atoms with E-state index in [0.717, 1.165) is 23.7 Å². The molecule has 0 radical (unpaired) electrons. The highest BCUT2D eigenvalue weighted by Gasteiger charge is 2.33. The number of hydrogen-bond donors (Lipinski definition) is 1. The number of ether oxygens (including phenoxy) is 3. The second kappa shape index (κ2) is 10.4. The van der Waals surface area contributed by atoms with Crippen molar-refractivity contribution in [2.75, 3.05) is 32.9 Å². The molecule has 7 nitrogen and oxygen atoms in total. The molecule has 3 aromatic rings. The van der Waals surface area contributed by atoms with Gasteiger partial charge in [0.05, 0.1) is 13.2 Å². The summed E-state index contributed by atoms with van der Waals surface area (Å²) in [4.78, 5) is 6.45. The van der Waals surface area contributed by atoms with Gasteiger partial charge in [-0.1, -0.05) is 23.7 Å². The van der Waals surface area contributed by atoms with Gasteiger partial charge in [-0.25, -0.2) is 4.98 Å². The van der Waals surface area contributed by atoms with E-state index in [1.165, 1.54) is 0 Å². The molecule has 32 heavy (non-hydrogen) atoms. The smallest absolute Gasteiger partial charge is 0.146 e. The van der Waals surface area contributed by atoms with E-state index >= 15 is 0 Å². The van der Waals surface area contributed by atoms with Crippen molar-refractivity contribution < 1.29 is 19.3 Å². The fourth-order valence-corrected chi connectivity index (χ4v) is 3.73. The Labute approximate surface area is 193 Å². The van der Waals surface area contributed by atoms with Crippen LogP contribution < -0.4 is 9.47 Å². The van der Waals surface area contributed by atoms with E-state index in [9.17, 15) is 5.11 Å². The molecular weight excluding hydrogens is 430 g/mol. The molecule has 1 aliphatic heterocycles. The molecule has 2 heterocycles. The van der Waals surface area contributed by atoms with Crippen LogP contribution >= 0.6 is 11.6 Å². The molecule has 1 N–H and O–H groups in total. The lowest BCUT2D eigenvalue weighted by molar-refractivity contribution is -0.0646. The van der Waals surface area contributed by atoms with Gasteiger partial charge in [0.15, 0.2) is 0 Å². The second-order valence-electron chi connectivity index (χ2n) is 8.12. The Bertz CT molecular complexity index is 993. The SMILES string of the molecule is Cn1ccnc1COc1ccc(CN2CCOCC(O)(COc3ccc(Cl)cc3)C2)cc1. The number of aromatic nitrogens is 2. The van der Waals surface area contributed by atoms with Crippen LogP contribution in [0.15, 0.2) is 60.9 Å². The summed E-state index contributed by atoms with van der Waals surface area (Å²) in [6.07, 6.45) is 3.66. The molecule has 1 aliphatic rings. The Hall–Kier alpha value is -2.58. The minimum Gasteiger partial charge on any atom is -0.490 e. The van der Waals surface area contributed by atoms with Gasteiger partial charge in [-0.05, 0) is 42.0 Å². The number of benzene rings is 2. The number of halogens is 1. The fourth-order valence-electron chi connectivity index (χ4n) is 3.60. The first-order chi connectivity index (χ1) is 15.5. The molecule has 170 valence electrons. The number of imidazole rings is 1. The average molecular weight is 458 g/mol. The fraction of sp³-hybridized carbons (Fsp3) is 0.375. The zero-order valence-corrected chi connectivity index (χ0v) is 18.9. The second-order valence-corrected chi connectivity index (χ2v) is 8.55. The van der Waals surface area contributed by atoms with E-state index < -0.39 is 5.60 Å². The summed E-state index contributed by atoms with van der Waals surface area (Å²) in [7, 11) is 1.95. The summed E-state index contributed by atoms with van der Waals surface area (Å²) < 4.78 is 19.2. The summed E-state index contributed by atoms with van der Waals surface area (Å²) in [6, 6.07) is 15.1. The maximum atomic E-state index is 11.1. The monoisotopic (exact) mass is 457 g/mol. The van der Waals surface area contributed by atoms with Gasteiger partial charge in [-0.2, -0.15) is 0 Å². The first-order valence-electron chi connectivity index (χ1n) is 10.6. The van der Waals surface area contributed by atoms with E-state index in [1.54, 1.807) is 30.5 Å². The highest BCUT2D eigenvalue weighted by atomic mass is 35.5. The minimum atomic E-state index is -1.10. The number of rotatable bonds is 8. The summed E-state index contributed by atoms with van der Waals surface area (Å²) in [5, 5.41) is 11.7. The highest BCUT2D eigenvalue weighted by Crippen LogP contribution is 2.21. The summed E-state index contributed by atoms with van der Waals surface area (Å²) >= 11 is 5.92. The molecule has 1 aromatic heterocycles. The quantitative estimate of drug-likeness (QED) is 0.559. The maximum absolute atomic E-state index is 11.1. The predicted molar refractivity (Wildman–Crippen MR) is 122 cm³/mol. The molecule has 1 fully saturated rings. The zero-order chi connectivity index (χ0) is 22.4. The van der Waals surface area contributed by atoms with Gasteiger partial charge in [0, 0.05) is 44.1 Å². The van der Waals surface area contributed by atoms with Crippen molar-refractivity contribution in [2.45, 2.75) is 18.8 Å². The highest BCUT2D eigenvalue weighted by molar-refractivity contribution is 6.30. The molecular formula is C24H28ClN3O4. The van der Waals surface area contributed by atoms with Gasteiger partial charge >= 0.3 is 0 Å². The van der Waals surface area contributed by atoms with Gasteiger partial charge < -0.3 is 23.9 Å². The van der Waals surface area contributed by atoms with E-state index in [1.807, 2.05) is 42.1 Å². The van der Waals surface area contributed by atoms with Gasteiger partial charge in [-0.3, -0.25) is 4.90 Å². The van der Waals surface area contributed by atoms with Crippen LogP contribution in [0.4, 0.5) is 0 Å². The van der Waals surface area contributed by atoms with E-state index in [0.29, 0.717) is 37.1 Å². The largest absolute Gasteiger partial charge is 0.490 e. The lowest BCUT2D eigenvalue weighted by Crippen LogP contribution is -2.48. The van der Waals surface area contributed by atoms with E-state index in [-0.39, 0.29) is 13.2 Å². The van der Waals surface area contributed by atoms with Crippen LogP contribution in [0.5, 0.6) is 11.5 Å². The lowest BCUT2D eigenvalue weighted by atomic mass is 10.1. The molecule has 1 atom stereocenters. The van der Waals surface area contributed by atoms with E-state index in [2.05, 4.69) is 9.88 Å². The normalized spacial score (nSPS) is 19.5. The molecule has 0 bridgehead atoms. The molecule has 1 saturated heterocycles. The third-order valence-corrected chi connectivity index (χ3v) is 5.63. The predicted octanol–water partition coefficient (Wildman–Crippen LogP) is 3.29. The third-order valence-electron chi connectivity index (χ3n) is 5.38. The molecule has 0 amide bonds. The van der Waals surface area contributed by atoms with Crippen LogP contribution in [0.1, 0.15) is 11.4 Å².